The van der Waals surface area contributed by atoms with Crippen molar-refractivity contribution in [1.29, 1.82) is 0 Å². The van der Waals surface area contributed by atoms with Gasteiger partial charge in [0.2, 0.25) is 0 Å². The van der Waals surface area contributed by atoms with Gasteiger partial charge in [-0.1, -0.05) is 12.1 Å². The number of nitrogens with one attached hydrogen (secondary N) is 1. The second kappa shape index (κ2) is 6.58. The summed E-state index contributed by atoms with van der Waals surface area (Å²) in [5.74, 6) is -0.490. The van der Waals surface area contributed by atoms with E-state index in [2.05, 4.69) is 21.2 Å². The summed E-state index contributed by atoms with van der Waals surface area (Å²) < 4.78 is 19.1. The Labute approximate surface area is 130 Å². The SMILES string of the molecule is COc1ccc(CNC(=O)c2cccc(Br)c2F)cc1N. The zero-order valence-corrected chi connectivity index (χ0v) is 12.9. The van der Waals surface area contributed by atoms with E-state index in [0.29, 0.717) is 11.4 Å². The number of anilines is 1. The first-order valence-electron chi connectivity index (χ1n) is 6.17. The van der Waals surface area contributed by atoms with Gasteiger partial charge in [0.05, 0.1) is 22.8 Å². The molecule has 4 nitrogen and oxygen atoms in total. The molecule has 1 amide bonds. The smallest absolute Gasteiger partial charge is 0.254 e. The normalized spacial score (nSPS) is 10.2. The third kappa shape index (κ3) is 3.52. The quantitative estimate of drug-likeness (QED) is 0.831. The molecule has 0 aliphatic heterocycles. The Morgan fingerprint density at radius 3 is 2.81 bits per heavy atom. The topological polar surface area (TPSA) is 64.3 Å². The van der Waals surface area contributed by atoms with Crippen molar-refractivity contribution in [3.63, 3.8) is 0 Å². The molecule has 3 N–H and O–H groups in total. The lowest BCUT2D eigenvalue weighted by Gasteiger charge is -2.09. The van der Waals surface area contributed by atoms with Gasteiger partial charge in [0.15, 0.2) is 0 Å². The van der Waals surface area contributed by atoms with E-state index in [-0.39, 0.29) is 16.6 Å². The molecule has 0 saturated heterocycles. The molecule has 0 radical (unpaired) electrons. The Morgan fingerprint density at radius 2 is 2.14 bits per heavy atom. The van der Waals surface area contributed by atoms with Gasteiger partial charge < -0.3 is 15.8 Å². The second-order valence-corrected chi connectivity index (χ2v) is 5.21. The van der Waals surface area contributed by atoms with Crippen molar-refractivity contribution in [1.82, 2.24) is 5.32 Å². The first-order chi connectivity index (χ1) is 10.0. The summed E-state index contributed by atoms with van der Waals surface area (Å²) in [6.07, 6.45) is 0. The predicted molar refractivity (Wildman–Crippen MR) is 82.7 cm³/mol. The number of carbonyl (C=O) groups excluding carboxylic acids is 1. The maximum absolute atomic E-state index is 13.8. The van der Waals surface area contributed by atoms with Gasteiger partial charge in [-0.05, 0) is 45.8 Å². The molecule has 0 heterocycles. The molecule has 6 heteroatoms. The molecule has 0 aliphatic carbocycles. The number of hydrogen-bond donors (Lipinski definition) is 2. The number of halogens is 2. The van der Waals surface area contributed by atoms with Gasteiger partial charge in [0, 0.05) is 6.54 Å². The number of rotatable bonds is 4. The standard InChI is InChI=1S/C15H14BrFN2O2/c1-21-13-6-5-9(7-12(13)18)8-19-15(20)10-3-2-4-11(16)14(10)17/h2-7H,8,18H2,1H3,(H,19,20). The molecule has 0 saturated carbocycles. The number of nitrogens with two attached hydrogens (primary N) is 1. The van der Waals surface area contributed by atoms with Gasteiger partial charge in [-0.25, -0.2) is 4.39 Å². The van der Waals surface area contributed by atoms with E-state index >= 15 is 0 Å². The van der Waals surface area contributed by atoms with E-state index in [1.165, 1.54) is 19.2 Å². The Morgan fingerprint density at radius 1 is 1.38 bits per heavy atom. The Bertz CT molecular complexity index is 677. The predicted octanol–water partition coefficient (Wildman–Crippen LogP) is 3.11. The van der Waals surface area contributed by atoms with Crippen molar-refractivity contribution < 1.29 is 13.9 Å². The van der Waals surface area contributed by atoms with Crippen LogP contribution in [-0.4, -0.2) is 13.0 Å². The van der Waals surface area contributed by atoms with Crippen LogP contribution in [0, 0.1) is 5.82 Å². The fourth-order valence-corrected chi connectivity index (χ4v) is 2.22. The minimum absolute atomic E-state index is 0.00846. The van der Waals surface area contributed by atoms with Crippen molar-refractivity contribution in [2.24, 2.45) is 0 Å². The van der Waals surface area contributed by atoms with Crippen LogP contribution < -0.4 is 15.8 Å². The summed E-state index contributed by atoms with van der Waals surface area (Å²) in [4.78, 5) is 12.0. The molecule has 0 fully saturated rings. The lowest BCUT2D eigenvalue weighted by molar-refractivity contribution is 0.0946. The monoisotopic (exact) mass is 352 g/mol. The first kappa shape index (κ1) is 15.3. The Balaban J connectivity index is 2.07. The molecule has 0 bridgehead atoms. The largest absolute Gasteiger partial charge is 0.495 e. The number of benzene rings is 2. The highest BCUT2D eigenvalue weighted by atomic mass is 79.9. The number of nitrogen functional groups attached to an aromatic ring is 1. The van der Waals surface area contributed by atoms with Crippen molar-refractivity contribution in [3.05, 3.63) is 57.8 Å². The fourth-order valence-electron chi connectivity index (χ4n) is 1.85. The third-order valence-electron chi connectivity index (χ3n) is 2.94. The minimum atomic E-state index is -0.579. The van der Waals surface area contributed by atoms with E-state index < -0.39 is 11.7 Å². The minimum Gasteiger partial charge on any atom is -0.495 e. The Hall–Kier alpha value is -2.08. The average molecular weight is 353 g/mol. The molecule has 2 rings (SSSR count). The van der Waals surface area contributed by atoms with Gasteiger partial charge in [0.25, 0.3) is 5.91 Å². The highest BCUT2D eigenvalue weighted by molar-refractivity contribution is 9.10. The highest BCUT2D eigenvalue weighted by Crippen LogP contribution is 2.22. The van der Waals surface area contributed by atoms with Crippen LogP contribution in [0.25, 0.3) is 0 Å². The van der Waals surface area contributed by atoms with Gasteiger partial charge in [-0.2, -0.15) is 0 Å². The maximum atomic E-state index is 13.8. The van der Waals surface area contributed by atoms with Gasteiger partial charge >= 0.3 is 0 Å². The van der Waals surface area contributed by atoms with E-state index in [1.54, 1.807) is 24.3 Å². The molecule has 2 aromatic rings. The maximum Gasteiger partial charge on any atom is 0.254 e. The molecule has 0 atom stereocenters. The molecule has 110 valence electrons. The van der Waals surface area contributed by atoms with Gasteiger partial charge in [-0.3, -0.25) is 4.79 Å². The van der Waals surface area contributed by atoms with Gasteiger partial charge in [0.1, 0.15) is 11.6 Å². The van der Waals surface area contributed by atoms with Crippen LogP contribution in [-0.2, 0) is 6.54 Å². The lowest BCUT2D eigenvalue weighted by Crippen LogP contribution is -2.24. The van der Waals surface area contributed by atoms with Crippen molar-refractivity contribution >= 4 is 27.5 Å². The molecule has 0 aromatic heterocycles. The van der Waals surface area contributed by atoms with E-state index in [4.69, 9.17) is 10.5 Å². The lowest BCUT2D eigenvalue weighted by atomic mass is 10.1. The average Bonchev–Trinajstić information content (AvgIpc) is 2.47. The van der Waals surface area contributed by atoms with Crippen LogP contribution in [0.5, 0.6) is 5.75 Å². The summed E-state index contributed by atoms with van der Waals surface area (Å²) >= 11 is 3.05. The number of carbonyl (C=O) groups is 1. The number of ether oxygens (including phenoxy) is 1. The zero-order chi connectivity index (χ0) is 15.4. The number of methoxy groups -OCH3 is 1. The van der Waals surface area contributed by atoms with Crippen LogP contribution in [0.1, 0.15) is 15.9 Å². The number of hydrogen-bond acceptors (Lipinski definition) is 3. The zero-order valence-electron chi connectivity index (χ0n) is 11.3. The summed E-state index contributed by atoms with van der Waals surface area (Å²) in [7, 11) is 1.53. The van der Waals surface area contributed by atoms with E-state index in [1.807, 2.05) is 0 Å². The van der Waals surface area contributed by atoms with Crippen molar-refractivity contribution in [2.45, 2.75) is 6.54 Å². The molecule has 0 spiro atoms. The first-order valence-corrected chi connectivity index (χ1v) is 6.97. The van der Waals surface area contributed by atoms with E-state index in [9.17, 15) is 9.18 Å². The molecule has 2 aromatic carbocycles. The summed E-state index contributed by atoms with van der Waals surface area (Å²) in [5.41, 5.74) is 7.07. The van der Waals surface area contributed by atoms with Crippen LogP contribution in [0.15, 0.2) is 40.9 Å². The molecule has 0 aliphatic rings. The Kier molecular flexibility index (Phi) is 4.80. The van der Waals surface area contributed by atoms with Crippen LogP contribution in [0.4, 0.5) is 10.1 Å². The fraction of sp³-hybridized carbons (Fsp3) is 0.133. The van der Waals surface area contributed by atoms with Crippen molar-refractivity contribution in [2.75, 3.05) is 12.8 Å². The summed E-state index contributed by atoms with van der Waals surface area (Å²) in [6.45, 7) is 0.249. The molecule has 0 unspecified atom stereocenters. The van der Waals surface area contributed by atoms with Crippen LogP contribution in [0.2, 0.25) is 0 Å². The van der Waals surface area contributed by atoms with Crippen LogP contribution >= 0.6 is 15.9 Å². The highest BCUT2D eigenvalue weighted by Gasteiger charge is 2.13. The van der Waals surface area contributed by atoms with E-state index in [0.717, 1.165) is 5.56 Å². The van der Waals surface area contributed by atoms with Gasteiger partial charge in [-0.15, -0.1) is 0 Å². The van der Waals surface area contributed by atoms with Crippen molar-refractivity contribution in [3.8, 4) is 5.75 Å². The third-order valence-corrected chi connectivity index (χ3v) is 3.56. The second-order valence-electron chi connectivity index (χ2n) is 4.36. The molecular weight excluding hydrogens is 339 g/mol. The molecule has 21 heavy (non-hydrogen) atoms. The number of amides is 1. The van der Waals surface area contributed by atoms with Crippen LogP contribution in [0.3, 0.4) is 0 Å². The molecular formula is C15H14BrFN2O2. The summed E-state index contributed by atoms with van der Waals surface area (Å²) in [5, 5.41) is 2.65. The summed E-state index contributed by atoms with van der Waals surface area (Å²) in [6, 6.07) is 9.78.